The van der Waals surface area contributed by atoms with Crippen LogP contribution in [0, 0.1) is 0 Å². The van der Waals surface area contributed by atoms with E-state index >= 15 is 0 Å². The SMILES string of the molecule is [2H]C([2H])(Cl)[C@]([2H])(O)C([2H])([2H])C(=O)OCC. The summed E-state index contributed by atoms with van der Waals surface area (Å²) in [6.45, 7) is 1.26. The third kappa shape index (κ3) is 4.58. The number of rotatable bonds is 4. The monoisotopic (exact) mass is 171 g/mol. The number of aliphatic hydroxyl groups is 1. The zero-order chi connectivity index (χ0) is 12.5. The lowest BCUT2D eigenvalue weighted by atomic mass is 10.3. The van der Waals surface area contributed by atoms with E-state index in [2.05, 4.69) is 4.74 Å². The first-order valence-corrected chi connectivity index (χ1v) is 2.94. The number of ether oxygens (including phenoxy) is 1. The van der Waals surface area contributed by atoms with Gasteiger partial charge in [-0.25, -0.2) is 0 Å². The Kier molecular flexibility index (Phi) is 2.16. The molecule has 0 aliphatic carbocycles. The maximum Gasteiger partial charge on any atom is 0.308 e. The third-order valence-electron chi connectivity index (χ3n) is 0.585. The Morgan fingerprint density at radius 3 is 3.10 bits per heavy atom. The number of alkyl halides is 1. The predicted octanol–water partition coefficient (Wildman–Crippen LogP) is 0.539. The van der Waals surface area contributed by atoms with Gasteiger partial charge in [0.1, 0.15) is 0 Å². The molecule has 0 heterocycles. The molecule has 0 aliphatic rings. The Labute approximate surface area is 72.0 Å². The van der Waals surface area contributed by atoms with Crippen LogP contribution in [0.1, 0.15) is 20.2 Å². The van der Waals surface area contributed by atoms with Gasteiger partial charge in [-0.15, -0.1) is 11.6 Å². The van der Waals surface area contributed by atoms with Gasteiger partial charge < -0.3 is 9.84 Å². The van der Waals surface area contributed by atoms with Crippen molar-refractivity contribution in [1.82, 2.24) is 0 Å². The van der Waals surface area contributed by atoms with Gasteiger partial charge in [-0.1, -0.05) is 0 Å². The second-order valence-corrected chi connectivity index (χ2v) is 1.48. The smallest absolute Gasteiger partial charge is 0.308 e. The molecule has 0 aliphatic heterocycles. The Morgan fingerprint density at radius 1 is 2.10 bits per heavy atom. The second kappa shape index (κ2) is 5.50. The summed E-state index contributed by atoms with van der Waals surface area (Å²) in [5.74, 6) is -4.66. The molecule has 3 nitrogen and oxygen atoms in total. The number of carbonyl (C=O) groups is 1. The van der Waals surface area contributed by atoms with Crippen molar-refractivity contribution < 1.29 is 21.5 Å². The number of hydrogen-bond acceptors (Lipinski definition) is 3. The van der Waals surface area contributed by atoms with Crippen LogP contribution in [0.4, 0.5) is 0 Å². The topological polar surface area (TPSA) is 46.5 Å². The van der Waals surface area contributed by atoms with E-state index in [4.69, 9.17) is 18.5 Å². The fraction of sp³-hybridized carbons (Fsp3) is 0.833. The van der Waals surface area contributed by atoms with Crippen molar-refractivity contribution in [2.24, 2.45) is 0 Å². The molecule has 1 atom stereocenters. The number of hydrogen-bond donors (Lipinski definition) is 1. The van der Waals surface area contributed by atoms with Gasteiger partial charge in [-0.05, 0) is 6.92 Å². The minimum atomic E-state index is -3.44. The number of carbonyl (C=O) groups excluding carboxylic acids is 1. The molecule has 0 fully saturated rings. The summed E-state index contributed by atoms with van der Waals surface area (Å²) < 4.78 is 39.3. The molecule has 0 aromatic carbocycles. The van der Waals surface area contributed by atoms with Gasteiger partial charge in [0.15, 0.2) is 0 Å². The third-order valence-corrected chi connectivity index (χ3v) is 0.764. The molecular weight excluding hydrogens is 156 g/mol. The van der Waals surface area contributed by atoms with Crippen LogP contribution in [0.25, 0.3) is 0 Å². The van der Waals surface area contributed by atoms with E-state index in [0.717, 1.165) is 0 Å². The fourth-order valence-electron chi connectivity index (χ4n) is 0.287. The first-order valence-electron chi connectivity index (χ1n) is 5.07. The van der Waals surface area contributed by atoms with E-state index in [0.29, 0.717) is 0 Å². The van der Waals surface area contributed by atoms with Gasteiger partial charge in [0, 0.05) is 11.3 Å². The molecular formula is C6H11ClO3. The zero-order valence-corrected chi connectivity index (χ0v) is 6.10. The largest absolute Gasteiger partial charge is 0.466 e. The summed E-state index contributed by atoms with van der Waals surface area (Å²) in [6.07, 6.45) is -6.69. The van der Waals surface area contributed by atoms with Crippen LogP contribution in [0.2, 0.25) is 0 Å². The Hall–Kier alpha value is -0.280. The van der Waals surface area contributed by atoms with Crippen LogP contribution in [-0.2, 0) is 9.53 Å². The molecule has 0 unspecified atom stereocenters. The maximum atomic E-state index is 11.1. The van der Waals surface area contributed by atoms with Crippen molar-refractivity contribution in [2.45, 2.75) is 19.4 Å². The lowest BCUT2D eigenvalue weighted by Gasteiger charge is -2.04. The fourth-order valence-corrected chi connectivity index (χ4v) is 0.335. The predicted molar refractivity (Wildman–Crippen MR) is 38.0 cm³/mol. The molecule has 4 heteroatoms. The highest BCUT2D eigenvalue weighted by atomic mass is 35.5. The standard InChI is InChI=1S/C6H11ClO3/c1-2-10-6(9)3-5(8)4-7/h5,8H,2-4H2,1H3/t5-/m1/s1/i3D2,4D2,5D. The van der Waals surface area contributed by atoms with Gasteiger partial charge in [0.25, 0.3) is 0 Å². The van der Waals surface area contributed by atoms with E-state index in [1.165, 1.54) is 6.92 Å². The van der Waals surface area contributed by atoms with Crippen LogP contribution in [0.5, 0.6) is 0 Å². The molecule has 0 saturated heterocycles. The highest BCUT2D eigenvalue weighted by molar-refractivity contribution is 6.18. The van der Waals surface area contributed by atoms with E-state index < -0.39 is 24.3 Å². The molecule has 0 bridgehead atoms. The van der Waals surface area contributed by atoms with Crippen LogP contribution in [-0.4, -0.2) is 29.6 Å². The normalized spacial score (nSPS) is 26.1. The molecule has 0 saturated carbocycles. The van der Waals surface area contributed by atoms with Crippen LogP contribution in [0.15, 0.2) is 0 Å². The molecule has 0 aromatic rings. The Bertz CT molecular complexity index is 250. The summed E-state index contributed by atoms with van der Waals surface area (Å²) in [5, 5.41) is 9.26. The van der Waals surface area contributed by atoms with E-state index in [-0.39, 0.29) is 6.61 Å². The molecule has 1 N–H and O–H groups in total. The average Bonchev–Trinajstić information content (AvgIpc) is 2.02. The van der Waals surface area contributed by atoms with Crippen molar-refractivity contribution >= 4 is 17.6 Å². The lowest BCUT2D eigenvalue weighted by molar-refractivity contribution is -0.144. The highest BCUT2D eigenvalue weighted by Crippen LogP contribution is 1.96. The molecule has 0 amide bonds. The van der Waals surface area contributed by atoms with Crippen molar-refractivity contribution in [3.63, 3.8) is 0 Å². The van der Waals surface area contributed by atoms with E-state index in [1.54, 1.807) is 0 Å². The second-order valence-electron chi connectivity index (χ2n) is 1.29. The van der Waals surface area contributed by atoms with Crippen molar-refractivity contribution in [2.75, 3.05) is 12.4 Å². The van der Waals surface area contributed by atoms with Crippen molar-refractivity contribution in [3.8, 4) is 0 Å². The van der Waals surface area contributed by atoms with E-state index in [9.17, 15) is 9.90 Å². The molecule has 10 heavy (non-hydrogen) atoms. The molecule has 0 aromatic heterocycles. The van der Waals surface area contributed by atoms with Gasteiger partial charge in [0.2, 0.25) is 0 Å². The summed E-state index contributed by atoms with van der Waals surface area (Å²) >= 11 is 5.00. The number of esters is 1. The van der Waals surface area contributed by atoms with Crippen LogP contribution < -0.4 is 0 Å². The van der Waals surface area contributed by atoms with Gasteiger partial charge in [0.05, 0.1) is 20.4 Å². The van der Waals surface area contributed by atoms with Gasteiger partial charge >= 0.3 is 5.97 Å². The molecule has 60 valence electrons. The van der Waals surface area contributed by atoms with Crippen LogP contribution in [0.3, 0.4) is 0 Å². The van der Waals surface area contributed by atoms with Gasteiger partial charge in [-0.2, -0.15) is 0 Å². The molecule has 0 spiro atoms. The summed E-state index contributed by atoms with van der Waals surface area (Å²) in [6, 6.07) is 0. The Balaban J connectivity index is 5.10. The summed E-state index contributed by atoms with van der Waals surface area (Å²) in [7, 11) is 0. The summed E-state index contributed by atoms with van der Waals surface area (Å²) in [5.41, 5.74) is 0. The lowest BCUT2D eigenvalue weighted by Crippen LogP contribution is -2.16. The first kappa shape index (κ1) is 3.93. The van der Waals surface area contributed by atoms with Crippen molar-refractivity contribution in [3.05, 3.63) is 0 Å². The number of halogens is 1. The minimum absolute atomic E-state index is 0.153. The summed E-state index contributed by atoms with van der Waals surface area (Å²) in [4.78, 5) is 11.1. The van der Waals surface area contributed by atoms with Crippen LogP contribution >= 0.6 is 11.6 Å². The molecule has 0 rings (SSSR count). The highest BCUT2D eigenvalue weighted by Gasteiger charge is 2.09. The zero-order valence-electron chi connectivity index (χ0n) is 10.3. The quantitative estimate of drug-likeness (QED) is 0.496. The Morgan fingerprint density at radius 2 is 2.70 bits per heavy atom. The first-order chi connectivity index (χ1) is 6.48. The van der Waals surface area contributed by atoms with Crippen molar-refractivity contribution in [1.29, 1.82) is 0 Å². The molecule has 0 radical (unpaired) electrons. The average molecular weight is 172 g/mol. The van der Waals surface area contributed by atoms with E-state index in [1.807, 2.05) is 0 Å². The maximum absolute atomic E-state index is 11.1. The van der Waals surface area contributed by atoms with Gasteiger partial charge in [-0.3, -0.25) is 4.79 Å². The minimum Gasteiger partial charge on any atom is -0.466 e.